The minimum atomic E-state index is 0.673. The Hall–Kier alpha value is -2.10. The van der Waals surface area contributed by atoms with Gasteiger partial charge in [0.2, 0.25) is 6.41 Å². The maximum absolute atomic E-state index is 10.4. The van der Waals surface area contributed by atoms with E-state index in [0.717, 1.165) is 16.9 Å². The van der Waals surface area contributed by atoms with Gasteiger partial charge in [-0.05, 0) is 30.7 Å². The van der Waals surface area contributed by atoms with Crippen LogP contribution in [0.15, 0.2) is 36.9 Å². The zero-order valence-corrected chi connectivity index (χ0v) is 8.34. The Bertz CT molecular complexity index is 463. The summed E-state index contributed by atoms with van der Waals surface area (Å²) in [5, 5.41) is 2.64. The first-order valence-electron chi connectivity index (χ1n) is 4.60. The number of benzene rings is 1. The van der Waals surface area contributed by atoms with E-state index in [0.29, 0.717) is 6.41 Å². The normalized spacial score (nSPS) is 9.93. The summed E-state index contributed by atoms with van der Waals surface area (Å²) >= 11 is 0. The first-order valence-corrected chi connectivity index (χ1v) is 4.60. The van der Waals surface area contributed by atoms with E-state index < -0.39 is 0 Å². The summed E-state index contributed by atoms with van der Waals surface area (Å²) < 4.78 is 1.89. The van der Waals surface area contributed by atoms with E-state index in [-0.39, 0.29) is 0 Å². The van der Waals surface area contributed by atoms with Crippen molar-refractivity contribution in [1.29, 1.82) is 0 Å². The molecule has 0 saturated heterocycles. The van der Waals surface area contributed by atoms with Crippen molar-refractivity contribution in [3.8, 4) is 5.69 Å². The number of hydrogen-bond donors (Lipinski definition) is 1. The molecule has 2 aromatic rings. The van der Waals surface area contributed by atoms with Gasteiger partial charge < -0.3 is 9.88 Å². The Kier molecular flexibility index (Phi) is 2.49. The zero-order chi connectivity index (χ0) is 10.7. The molecule has 4 heteroatoms. The standard InChI is InChI=1S/C11H11N3O/c1-9-4-10(13-8-15)6-11(5-9)14-3-2-12-7-14/h2-8H,1H3,(H,13,15). The number of nitrogens with one attached hydrogen (secondary N) is 1. The van der Waals surface area contributed by atoms with Gasteiger partial charge in [-0.25, -0.2) is 4.98 Å². The predicted molar refractivity (Wildman–Crippen MR) is 58.0 cm³/mol. The van der Waals surface area contributed by atoms with Gasteiger partial charge in [0.05, 0.1) is 6.33 Å². The van der Waals surface area contributed by atoms with Crippen LogP contribution >= 0.6 is 0 Å². The number of carbonyl (C=O) groups is 1. The van der Waals surface area contributed by atoms with Crippen molar-refractivity contribution in [1.82, 2.24) is 9.55 Å². The topological polar surface area (TPSA) is 46.9 Å². The van der Waals surface area contributed by atoms with Crippen LogP contribution in [-0.2, 0) is 4.79 Å². The summed E-state index contributed by atoms with van der Waals surface area (Å²) in [7, 11) is 0. The molecule has 0 fully saturated rings. The van der Waals surface area contributed by atoms with E-state index in [4.69, 9.17) is 0 Å². The number of rotatable bonds is 3. The van der Waals surface area contributed by atoms with Crippen molar-refractivity contribution in [2.75, 3.05) is 5.32 Å². The van der Waals surface area contributed by atoms with Gasteiger partial charge >= 0.3 is 0 Å². The number of amides is 1. The fourth-order valence-corrected chi connectivity index (χ4v) is 1.48. The lowest BCUT2D eigenvalue weighted by molar-refractivity contribution is -0.105. The summed E-state index contributed by atoms with van der Waals surface area (Å²) in [4.78, 5) is 14.3. The van der Waals surface area contributed by atoms with Crippen molar-refractivity contribution in [3.63, 3.8) is 0 Å². The summed E-state index contributed by atoms with van der Waals surface area (Å²) in [5.41, 5.74) is 2.86. The molecule has 0 unspecified atom stereocenters. The van der Waals surface area contributed by atoms with Crippen LogP contribution in [0, 0.1) is 6.92 Å². The summed E-state index contributed by atoms with van der Waals surface area (Å²) in [6.07, 6.45) is 5.97. The summed E-state index contributed by atoms with van der Waals surface area (Å²) in [6.45, 7) is 1.98. The van der Waals surface area contributed by atoms with E-state index in [1.807, 2.05) is 35.9 Å². The van der Waals surface area contributed by atoms with Crippen LogP contribution in [0.1, 0.15) is 5.56 Å². The average Bonchev–Trinajstić information content (AvgIpc) is 2.70. The van der Waals surface area contributed by atoms with E-state index in [2.05, 4.69) is 10.3 Å². The molecule has 1 heterocycles. The van der Waals surface area contributed by atoms with Crippen molar-refractivity contribution in [3.05, 3.63) is 42.5 Å². The zero-order valence-electron chi connectivity index (χ0n) is 8.34. The Morgan fingerprint density at radius 1 is 1.40 bits per heavy atom. The second-order valence-electron chi connectivity index (χ2n) is 3.29. The molecule has 0 aliphatic carbocycles. The highest BCUT2D eigenvalue weighted by molar-refractivity contribution is 5.72. The monoisotopic (exact) mass is 201 g/mol. The van der Waals surface area contributed by atoms with Gasteiger partial charge in [0.1, 0.15) is 0 Å². The lowest BCUT2D eigenvalue weighted by Crippen LogP contribution is -1.97. The lowest BCUT2D eigenvalue weighted by atomic mass is 10.2. The van der Waals surface area contributed by atoms with Crippen LogP contribution in [0.3, 0.4) is 0 Å². The quantitative estimate of drug-likeness (QED) is 0.769. The van der Waals surface area contributed by atoms with Crippen molar-refractivity contribution >= 4 is 12.1 Å². The molecule has 0 bridgehead atoms. The SMILES string of the molecule is Cc1cc(NC=O)cc(-n2ccnc2)c1. The second-order valence-corrected chi connectivity index (χ2v) is 3.29. The summed E-state index contributed by atoms with van der Waals surface area (Å²) in [6, 6.07) is 5.83. The maximum atomic E-state index is 10.4. The molecule has 1 N–H and O–H groups in total. The van der Waals surface area contributed by atoms with E-state index in [1.165, 1.54) is 0 Å². The molecule has 1 amide bonds. The molecule has 0 atom stereocenters. The minimum Gasteiger partial charge on any atom is -0.329 e. The molecule has 2 rings (SSSR count). The van der Waals surface area contributed by atoms with Gasteiger partial charge in [-0.1, -0.05) is 0 Å². The molecule has 0 spiro atoms. The van der Waals surface area contributed by atoms with E-state index >= 15 is 0 Å². The number of imidazole rings is 1. The van der Waals surface area contributed by atoms with Gasteiger partial charge in [0.15, 0.2) is 0 Å². The third-order valence-corrected chi connectivity index (χ3v) is 2.09. The first-order chi connectivity index (χ1) is 7.29. The molecule has 1 aromatic carbocycles. The lowest BCUT2D eigenvalue weighted by Gasteiger charge is -2.06. The largest absolute Gasteiger partial charge is 0.329 e. The van der Waals surface area contributed by atoms with Crippen LogP contribution in [0.5, 0.6) is 0 Å². The molecule has 0 aliphatic heterocycles. The fourth-order valence-electron chi connectivity index (χ4n) is 1.48. The smallest absolute Gasteiger partial charge is 0.211 e. The molecular formula is C11H11N3O. The Labute approximate surface area is 87.6 Å². The van der Waals surface area contributed by atoms with Crippen LogP contribution in [0.25, 0.3) is 5.69 Å². The van der Waals surface area contributed by atoms with Crippen LogP contribution < -0.4 is 5.32 Å². The molecule has 0 radical (unpaired) electrons. The van der Waals surface area contributed by atoms with Crippen LogP contribution in [0.2, 0.25) is 0 Å². The van der Waals surface area contributed by atoms with Crippen molar-refractivity contribution in [2.24, 2.45) is 0 Å². The fraction of sp³-hybridized carbons (Fsp3) is 0.0909. The Balaban J connectivity index is 2.44. The molecule has 4 nitrogen and oxygen atoms in total. The maximum Gasteiger partial charge on any atom is 0.211 e. The third-order valence-electron chi connectivity index (χ3n) is 2.09. The van der Waals surface area contributed by atoms with Crippen molar-refractivity contribution < 1.29 is 4.79 Å². The van der Waals surface area contributed by atoms with Crippen molar-refractivity contribution in [2.45, 2.75) is 6.92 Å². The molecule has 0 aliphatic rings. The highest BCUT2D eigenvalue weighted by Crippen LogP contribution is 2.17. The number of hydrogen-bond acceptors (Lipinski definition) is 2. The Morgan fingerprint density at radius 3 is 2.93 bits per heavy atom. The molecular weight excluding hydrogens is 190 g/mol. The third kappa shape index (κ3) is 2.04. The van der Waals surface area contributed by atoms with Gasteiger partial charge in [-0.3, -0.25) is 4.79 Å². The number of anilines is 1. The Morgan fingerprint density at radius 2 is 2.27 bits per heavy atom. The highest BCUT2D eigenvalue weighted by Gasteiger charge is 1.99. The minimum absolute atomic E-state index is 0.673. The number of nitrogens with zero attached hydrogens (tertiary/aromatic N) is 2. The second kappa shape index (κ2) is 3.96. The molecule has 0 saturated carbocycles. The average molecular weight is 201 g/mol. The predicted octanol–water partition coefficient (Wildman–Crippen LogP) is 1.75. The van der Waals surface area contributed by atoms with Crippen LogP contribution in [-0.4, -0.2) is 16.0 Å². The van der Waals surface area contributed by atoms with Gasteiger partial charge in [-0.15, -0.1) is 0 Å². The van der Waals surface area contributed by atoms with Gasteiger partial charge in [-0.2, -0.15) is 0 Å². The van der Waals surface area contributed by atoms with Gasteiger partial charge in [0.25, 0.3) is 0 Å². The number of carbonyl (C=O) groups excluding carboxylic acids is 1. The van der Waals surface area contributed by atoms with Gasteiger partial charge in [0, 0.05) is 23.8 Å². The van der Waals surface area contributed by atoms with E-state index in [1.54, 1.807) is 12.5 Å². The molecule has 76 valence electrons. The molecule has 1 aromatic heterocycles. The first kappa shape index (κ1) is 9.45. The highest BCUT2D eigenvalue weighted by atomic mass is 16.1. The molecule has 15 heavy (non-hydrogen) atoms. The summed E-state index contributed by atoms with van der Waals surface area (Å²) in [5.74, 6) is 0. The van der Waals surface area contributed by atoms with E-state index in [9.17, 15) is 4.79 Å². The number of aryl methyl sites for hydroxylation is 1. The number of aromatic nitrogens is 2. The van der Waals surface area contributed by atoms with Crippen LogP contribution in [0.4, 0.5) is 5.69 Å².